The fraction of sp³-hybridized carbons (Fsp3) is 0.111. The lowest BCUT2D eigenvalue weighted by Crippen LogP contribution is -2.09. The van der Waals surface area contributed by atoms with Gasteiger partial charge in [0.25, 0.3) is 0 Å². The maximum Gasteiger partial charge on any atom is 0.208 e. The second-order valence-electron chi connectivity index (χ2n) is 5.20. The number of halogens is 1. The normalized spacial score (nSPS) is 12.6. The summed E-state index contributed by atoms with van der Waals surface area (Å²) in [6, 6.07) is 15.7. The summed E-state index contributed by atoms with van der Waals surface area (Å²) in [4.78, 5) is 2.14. The first-order chi connectivity index (χ1) is 10.9. The van der Waals surface area contributed by atoms with Crippen molar-refractivity contribution in [2.45, 2.75) is 4.90 Å². The molecule has 2 aromatic carbocycles. The summed E-state index contributed by atoms with van der Waals surface area (Å²) in [5, 5.41) is 0.502. The smallest absolute Gasteiger partial charge is 0.208 e. The summed E-state index contributed by atoms with van der Waals surface area (Å²) in [7, 11) is -0.0381. The van der Waals surface area contributed by atoms with Gasteiger partial charge in [-0.05, 0) is 35.9 Å². The molecule has 0 aliphatic heterocycles. The summed E-state index contributed by atoms with van der Waals surface area (Å²) in [6.45, 7) is 0. The molecule has 0 aliphatic rings. The Morgan fingerprint density at radius 1 is 1.00 bits per heavy atom. The Balaban J connectivity index is 2.42. The standard InChI is InChI=1S/C18H18ClNO2S/c1-20(2)14-18(11-8-15-6-4-3-5-7-15)23(21,22)17-12-9-16(19)10-13-17/h3-14H,1-2H3/b11-8+,18-14+. The monoisotopic (exact) mass is 347 g/mol. The molecule has 0 radical (unpaired) electrons. The van der Waals surface area contributed by atoms with Gasteiger partial charge in [-0.1, -0.05) is 48.0 Å². The van der Waals surface area contributed by atoms with Crippen LogP contribution in [0.15, 0.2) is 76.7 Å². The van der Waals surface area contributed by atoms with Crippen LogP contribution < -0.4 is 0 Å². The van der Waals surface area contributed by atoms with Gasteiger partial charge in [0.2, 0.25) is 9.84 Å². The van der Waals surface area contributed by atoms with Crippen LogP contribution >= 0.6 is 11.6 Å². The SMILES string of the molecule is CN(C)/C=C(\C=C\c1ccccc1)S(=O)(=O)c1ccc(Cl)cc1. The highest BCUT2D eigenvalue weighted by Crippen LogP contribution is 2.23. The molecule has 0 bridgehead atoms. The highest BCUT2D eigenvalue weighted by molar-refractivity contribution is 7.95. The second-order valence-corrected chi connectivity index (χ2v) is 7.58. The number of rotatable bonds is 5. The number of nitrogens with zero attached hydrogens (tertiary/aromatic N) is 1. The Kier molecular flexibility index (Phi) is 5.64. The third-order valence-electron chi connectivity index (χ3n) is 3.06. The molecule has 0 spiro atoms. The van der Waals surface area contributed by atoms with Gasteiger partial charge in [-0.2, -0.15) is 0 Å². The molecule has 2 aromatic rings. The molecule has 0 saturated carbocycles. The lowest BCUT2D eigenvalue weighted by Gasteiger charge is -2.10. The Morgan fingerprint density at radius 2 is 1.61 bits per heavy atom. The zero-order valence-electron chi connectivity index (χ0n) is 13.0. The molecule has 0 heterocycles. The first kappa shape index (κ1) is 17.3. The van der Waals surface area contributed by atoms with Crippen molar-refractivity contribution in [2.75, 3.05) is 14.1 Å². The molecule has 0 aromatic heterocycles. The highest BCUT2D eigenvalue weighted by atomic mass is 35.5. The molecule has 0 aliphatic carbocycles. The average Bonchev–Trinajstić information content (AvgIpc) is 2.52. The van der Waals surface area contributed by atoms with Gasteiger partial charge in [0, 0.05) is 25.3 Å². The fourth-order valence-corrected chi connectivity index (χ4v) is 3.44. The minimum atomic E-state index is -3.61. The zero-order valence-corrected chi connectivity index (χ0v) is 14.6. The minimum absolute atomic E-state index is 0.215. The first-order valence-electron chi connectivity index (χ1n) is 7.01. The van der Waals surface area contributed by atoms with Crippen molar-refractivity contribution in [2.24, 2.45) is 0 Å². The zero-order chi connectivity index (χ0) is 16.9. The van der Waals surface area contributed by atoms with Crippen LogP contribution in [0.2, 0.25) is 5.02 Å². The summed E-state index contributed by atoms with van der Waals surface area (Å²) in [6.07, 6.45) is 4.98. The molecule has 23 heavy (non-hydrogen) atoms. The van der Waals surface area contributed by atoms with Gasteiger partial charge in [0.05, 0.1) is 9.80 Å². The lowest BCUT2D eigenvalue weighted by atomic mass is 10.2. The van der Waals surface area contributed by atoms with E-state index >= 15 is 0 Å². The van der Waals surface area contributed by atoms with Crippen LogP contribution in [-0.4, -0.2) is 27.4 Å². The molecule has 0 N–H and O–H groups in total. The van der Waals surface area contributed by atoms with Crippen LogP contribution in [0.5, 0.6) is 0 Å². The summed E-state index contributed by atoms with van der Waals surface area (Å²) in [5.74, 6) is 0. The van der Waals surface area contributed by atoms with Gasteiger partial charge in [-0.3, -0.25) is 0 Å². The molecule has 0 unspecified atom stereocenters. The van der Waals surface area contributed by atoms with E-state index in [1.54, 1.807) is 49.5 Å². The van der Waals surface area contributed by atoms with Crippen molar-refractivity contribution < 1.29 is 8.42 Å². The van der Waals surface area contributed by atoms with Crippen molar-refractivity contribution in [3.05, 3.63) is 82.4 Å². The van der Waals surface area contributed by atoms with Gasteiger partial charge in [0.15, 0.2) is 0 Å². The van der Waals surface area contributed by atoms with E-state index in [2.05, 4.69) is 0 Å². The van der Waals surface area contributed by atoms with E-state index in [1.165, 1.54) is 12.1 Å². The van der Waals surface area contributed by atoms with Crippen molar-refractivity contribution in [3.8, 4) is 0 Å². The molecule has 0 amide bonds. The van der Waals surface area contributed by atoms with E-state index in [0.29, 0.717) is 5.02 Å². The molecule has 2 rings (SSSR count). The van der Waals surface area contributed by atoms with E-state index in [1.807, 2.05) is 30.3 Å². The van der Waals surface area contributed by atoms with E-state index in [9.17, 15) is 8.42 Å². The molecule has 5 heteroatoms. The fourth-order valence-electron chi connectivity index (χ4n) is 1.95. The maximum atomic E-state index is 12.8. The quantitative estimate of drug-likeness (QED) is 0.759. The van der Waals surface area contributed by atoms with Gasteiger partial charge in [0.1, 0.15) is 0 Å². The third-order valence-corrected chi connectivity index (χ3v) is 5.07. The van der Waals surface area contributed by atoms with Crippen molar-refractivity contribution in [1.82, 2.24) is 4.90 Å². The number of allylic oxidation sites excluding steroid dienone is 1. The van der Waals surface area contributed by atoms with Gasteiger partial charge >= 0.3 is 0 Å². The average molecular weight is 348 g/mol. The van der Waals surface area contributed by atoms with Crippen LogP contribution in [0.1, 0.15) is 5.56 Å². The summed E-state index contributed by atoms with van der Waals surface area (Å²) in [5.41, 5.74) is 0.934. The second kappa shape index (κ2) is 7.49. The summed E-state index contributed by atoms with van der Waals surface area (Å²) >= 11 is 5.84. The molecular formula is C18H18ClNO2S. The van der Waals surface area contributed by atoms with Crippen LogP contribution in [-0.2, 0) is 9.84 Å². The number of hydrogen-bond acceptors (Lipinski definition) is 3. The third kappa shape index (κ3) is 4.71. The van der Waals surface area contributed by atoms with Crippen LogP contribution in [0, 0.1) is 0 Å². The van der Waals surface area contributed by atoms with Crippen molar-refractivity contribution in [3.63, 3.8) is 0 Å². The number of sulfone groups is 1. The Morgan fingerprint density at radius 3 is 2.17 bits per heavy atom. The number of benzene rings is 2. The van der Waals surface area contributed by atoms with Crippen LogP contribution in [0.25, 0.3) is 6.08 Å². The van der Waals surface area contributed by atoms with Crippen LogP contribution in [0.3, 0.4) is 0 Å². The Labute approximate surface area is 142 Å². The largest absolute Gasteiger partial charge is 0.382 e. The molecule has 3 nitrogen and oxygen atoms in total. The topological polar surface area (TPSA) is 37.4 Å². The Bertz CT molecular complexity index is 808. The first-order valence-corrected chi connectivity index (χ1v) is 8.88. The Hall–Kier alpha value is -2.04. The van der Waals surface area contributed by atoms with Gasteiger partial charge in [-0.25, -0.2) is 8.42 Å². The van der Waals surface area contributed by atoms with Crippen LogP contribution in [0.4, 0.5) is 0 Å². The lowest BCUT2D eigenvalue weighted by molar-refractivity contribution is 0.559. The molecule has 0 saturated heterocycles. The van der Waals surface area contributed by atoms with E-state index in [-0.39, 0.29) is 9.80 Å². The van der Waals surface area contributed by atoms with Gasteiger partial charge in [-0.15, -0.1) is 0 Å². The van der Waals surface area contributed by atoms with E-state index in [4.69, 9.17) is 11.6 Å². The van der Waals surface area contributed by atoms with Crippen molar-refractivity contribution >= 4 is 27.5 Å². The predicted octanol–water partition coefficient (Wildman–Crippen LogP) is 4.23. The van der Waals surface area contributed by atoms with E-state index in [0.717, 1.165) is 5.56 Å². The predicted molar refractivity (Wildman–Crippen MR) is 95.9 cm³/mol. The van der Waals surface area contributed by atoms with Crippen molar-refractivity contribution in [1.29, 1.82) is 0 Å². The number of hydrogen-bond donors (Lipinski definition) is 0. The molecule has 0 fully saturated rings. The van der Waals surface area contributed by atoms with E-state index < -0.39 is 9.84 Å². The maximum absolute atomic E-state index is 12.8. The minimum Gasteiger partial charge on any atom is -0.382 e. The summed E-state index contributed by atoms with van der Waals surface area (Å²) < 4.78 is 25.6. The molecule has 120 valence electrons. The molecule has 0 atom stereocenters. The van der Waals surface area contributed by atoms with Gasteiger partial charge < -0.3 is 4.90 Å². The molecular weight excluding hydrogens is 330 g/mol. The highest BCUT2D eigenvalue weighted by Gasteiger charge is 2.19.